The van der Waals surface area contributed by atoms with Gasteiger partial charge in [0.05, 0.1) is 27.4 Å². The van der Waals surface area contributed by atoms with Gasteiger partial charge in [0.25, 0.3) is 0 Å². The maximum absolute atomic E-state index is 4.95. The van der Waals surface area contributed by atoms with Crippen LogP contribution in [-0.4, -0.2) is 15.6 Å². The maximum atomic E-state index is 4.95. The molecule has 0 N–H and O–H groups in total. The summed E-state index contributed by atoms with van der Waals surface area (Å²) < 4.78 is 2.34. The van der Waals surface area contributed by atoms with E-state index >= 15 is 0 Å². The highest BCUT2D eigenvalue weighted by molar-refractivity contribution is 5.62. The van der Waals surface area contributed by atoms with Gasteiger partial charge in [0.2, 0.25) is 0 Å². The Labute approximate surface area is 154 Å². The molecule has 1 aliphatic heterocycles. The molecule has 2 aliphatic carbocycles. The lowest BCUT2D eigenvalue weighted by Crippen LogP contribution is -2.40. The summed E-state index contributed by atoms with van der Waals surface area (Å²) in [5, 5.41) is 3.32. The number of aryl methyl sites for hydroxylation is 2. The Kier molecular flexibility index (Phi) is 4.23. The van der Waals surface area contributed by atoms with Crippen LogP contribution in [-0.2, 0) is 0 Å². The van der Waals surface area contributed by atoms with Crippen molar-refractivity contribution in [2.45, 2.75) is 46.6 Å². The lowest BCUT2D eigenvalue weighted by Gasteiger charge is -2.19. The summed E-state index contributed by atoms with van der Waals surface area (Å²) in [6.45, 7) is 8.47. The van der Waals surface area contributed by atoms with E-state index in [4.69, 9.17) is 9.98 Å². The van der Waals surface area contributed by atoms with Gasteiger partial charge in [0.15, 0.2) is 0 Å². The minimum absolute atomic E-state index is 0.268. The van der Waals surface area contributed by atoms with Crippen LogP contribution in [0.4, 0.5) is 0 Å². The van der Waals surface area contributed by atoms with Gasteiger partial charge >= 0.3 is 0 Å². The van der Waals surface area contributed by atoms with Crippen molar-refractivity contribution in [1.29, 1.82) is 0 Å². The van der Waals surface area contributed by atoms with Crippen LogP contribution in [0.2, 0.25) is 0 Å². The van der Waals surface area contributed by atoms with Crippen molar-refractivity contribution in [2.24, 2.45) is 4.99 Å². The Morgan fingerprint density at radius 3 is 2.46 bits per heavy atom. The van der Waals surface area contributed by atoms with Gasteiger partial charge in [-0.3, -0.25) is 4.99 Å². The van der Waals surface area contributed by atoms with E-state index in [1.807, 2.05) is 0 Å². The van der Waals surface area contributed by atoms with Crippen molar-refractivity contribution < 1.29 is 0 Å². The highest BCUT2D eigenvalue weighted by Gasteiger charge is 2.14. The first-order valence-electron chi connectivity index (χ1n) is 9.37. The molecule has 0 fully saturated rings. The Balaban J connectivity index is 2.15. The molecule has 0 aromatic heterocycles. The van der Waals surface area contributed by atoms with Crippen LogP contribution in [0.3, 0.4) is 0 Å². The van der Waals surface area contributed by atoms with Crippen LogP contribution < -0.4 is 16.1 Å². The van der Waals surface area contributed by atoms with Crippen LogP contribution in [0.5, 0.6) is 0 Å². The molecule has 0 bridgehead atoms. The summed E-state index contributed by atoms with van der Waals surface area (Å²) in [4.78, 5) is 9.76. The number of rotatable bonds is 2. The number of aromatic nitrogens is 2. The van der Waals surface area contributed by atoms with E-state index in [2.05, 4.69) is 80.8 Å². The Morgan fingerprint density at radius 1 is 1.00 bits per heavy atom. The van der Waals surface area contributed by atoms with E-state index in [-0.39, 0.29) is 6.04 Å². The molecule has 3 heteroatoms. The molecule has 0 amide bonds. The summed E-state index contributed by atoms with van der Waals surface area (Å²) in [6.07, 6.45) is 6.67. The SMILES string of the molecule is Cc1ccc(-n2c3cc(=NC(C)C)c(C)cc-3nc3c2=CCCC=3)cc1. The van der Waals surface area contributed by atoms with E-state index in [0.717, 1.165) is 34.9 Å². The number of fused-ring (bicyclic) bond motifs is 2. The number of benzene rings is 2. The number of hydrogen-bond acceptors (Lipinski definition) is 2. The average Bonchev–Trinajstić information content (AvgIpc) is 2.61. The van der Waals surface area contributed by atoms with Crippen LogP contribution in [0.25, 0.3) is 29.2 Å². The molecule has 3 aliphatic rings. The summed E-state index contributed by atoms with van der Waals surface area (Å²) in [6, 6.07) is 13.4. The first kappa shape index (κ1) is 16.8. The maximum Gasteiger partial charge on any atom is 0.0882 e. The lowest BCUT2D eigenvalue weighted by molar-refractivity contribution is 0.800. The molecule has 1 aromatic rings. The Bertz CT molecular complexity index is 1120. The minimum Gasteiger partial charge on any atom is -0.306 e. The molecule has 0 saturated heterocycles. The molecule has 0 atom stereocenters. The Morgan fingerprint density at radius 2 is 1.73 bits per heavy atom. The van der Waals surface area contributed by atoms with Crippen LogP contribution >= 0.6 is 0 Å². The quantitative estimate of drug-likeness (QED) is 0.702. The van der Waals surface area contributed by atoms with Gasteiger partial charge in [-0.15, -0.1) is 0 Å². The van der Waals surface area contributed by atoms with Gasteiger partial charge in [0.1, 0.15) is 0 Å². The molecule has 0 spiro atoms. The zero-order valence-corrected chi connectivity index (χ0v) is 16.0. The average molecular weight is 343 g/mol. The van der Waals surface area contributed by atoms with Crippen LogP contribution in [0.1, 0.15) is 37.8 Å². The standard InChI is InChI=1S/C23H25N3/c1-15(2)24-20-14-23-21(13-17(20)4)25-19-7-5-6-8-22(19)26(23)18-11-9-16(3)10-12-18/h7-15H,5-6H2,1-4H3. The highest BCUT2D eigenvalue weighted by atomic mass is 15.0. The summed E-state index contributed by atoms with van der Waals surface area (Å²) in [7, 11) is 0. The van der Waals surface area contributed by atoms with Crippen molar-refractivity contribution in [1.82, 2.24) is 9.55 Å². The summed E-state index contributed by atoms with van der Waals surface area (Å²) in [5.41, 5.74) is 5.75. The molecule has 4 rings (SSSR count). The zero-order valence-electron chi connectivity index (χ0n) is 16.0. The molecule has 3 nitrogen and oxygen atoms in total. The fourth-order valence-electron chi connectivity index (χ4n) is 3.55. The fourth-order valence-corrected chi connectivity index (χ4v) is 3.55. The van der Waals surface area contributed by atoms with E-state index in [1.54, 1.807) is 0 Å². The van der Waals surface area contributed by atoms with Gasteiger partial charge in [0, 0.05) is 11.7 Å². The second kappa shape index (κ2) is 6.56. The van der Waals surface area contributed by atoms with E-state index < -0.39 is 0 Å². The first-order chi connectivity index (χ1) is 12.5. The summed E-state index contributed by atoms with van der Waals surface area (Å²) >= 11 is 0. The molecule has 1 heterocycles. The third-order valence-corrected chi connectivity index (χ3v) is 4.81. The van der Waals surface area contributed by atoms with Gasteiger partial charge in [-0.1, -0.05) is 29.8 Å². The largest absolute Gasteiger partial charge is 0.306 e. The van der Waals surface area contributed by atoms with Crippen molar-refractivity contribution in [3.63, 3.8) is 0 Å². The van der Waals surface area contributed by atoms with Crippen LogP contribution in [0.15, 0.2) is 41.4 Å². The molecule has 0 radical (unpaired) electrons. The van der Waals surface area contributed by atoms with Crippen molar-refractivity contribution in [3.8, 4) is 17.1 Å². The second-order valence-corrected chi connectivity index (χ2v) is 7.39. The third-order valence-electron chi connectivity index (χ3n) is 4.81. The molecule has 132 valence electrons. The second-order valence-electron chi connectivity index (χ2n) is 7.39. The van der Waals surface area contributed by atoms with Gasteiger partial charge in [-0.25, -0.2) is 4.98 Å². The summed E-state index contributed by atoms with van der Waals surface area (Å²) in [5.74, 6) is 0. The van der Waals surface area contributed by atoms with Gasteiger partial charge in [-0.05, 0) is 70.4 Å². The smallest absolute Gasteiger partial charge is 0.0882 e. The molecular weight excluding hydrogens is 318 g/mol. The topological polar surface area (TPSA) is 30.2 Å². The van der Waals surface area contributed by atoms with E-state index in [0.29, 0.717) is 0 Å². The number of nitrogens with zero attached hydrogens (tertiary/aromatic N) is 3. The minimum atomic E-state index is 0.268. The lowest BCUT2D eigenvalue weighted by atomic mass is 10.1. The third kappa shape index (κ3) is 2.98. The molecule has 0 unspecified atom stereocenters. The van der Waals surface area contributed by atoms with Crippen molar-refractivity contribution in [2.75, 3.05) is 0 Å². The van der Waals surface area contributed by atoms with Gasteiger partial charge in [-0.2, -0.15) is 0 Å². The van der Waals surface area contributed by atoms with E-state index in [9.17, 15) is 0 Å². The molecular formula is C23H25N3. The fraction of sp³-hybridized carbons (Fsp3) is 0.304. The zero-order chi connectivity index (χ0) is 18.3. The Hall–Kier alpha value is -2.68. The molecule has 1 aromatic carbocycles. The van der Waals surface area contributed by atoms with Crippen molar-refractivity contribution in [3.05, 3.63) is 63.6 Å². The molecule has 0 saturated carbocycles. The normalized spacial score (nSPS) is 14.3. The highest BCUT2D eigenvalue weighted by Crippen LogP contribution is 2.20. The van der Waals surface area contributed by atoms with Gasteiger partial charge < -0.3 is 4.57 Å². The first-order valence-corrected chi connectivity index (χ1v) is 9.37. The number of hydrogen-bond donors (Lipinski definition) is 0. The predicted octanol–water partition coefficient (Wildman–Crippen LogP) is 3.26. The molecule has 26 heavy (non-hydrogen) atoms. The monoisotopic (exact) mass is 343 g/mol. The van der Waals surface area contributed by atoms with E-state index in [1.165, 1.54) is 22.2 Å². The van der Waals surface area contributed by atoms with Crippen LogP contribution in [0, 0.1) is 13.8 Å². The van der Waals surface area contributed by atoms with Crippen molar-refractivity contribution >= 4 is 12.2 Å². The predicted molar refractivity (Wildman–Crippen MR) is 108 cm³/mol.